The number of nitrogens with one attached hydrogen (secondary N) is 1. The predicted octanol–water partition coefficient (Wildman–Crippen LogP) is 2.64. The molecule has 0 radical (unpaired) electrons. The van der Waals surface area contributed by atoms with Gasteiger partial charge in [0.15, 0.2) is 0 Å². The third-order valence-corrected chi connectivity index (χ3v) is 4.33. The molecule has 1 atom stereocenters. The Bertz CT molecular complexity index is 225. The molecule has 4 heteroatoms. The molecule has 1 unspecified atom stereocenters. The molecular weight excluding hydrogens is 220 g/mol. The standard InChI is InChI=1S/C12H24N2OS/c1-12(2,11(13)14)6-4-8-16-9-10-5-3-7-15-10/h10H,3-9H2,1-2H3,(H3,13,14). The van der Waals surface area contributed by atoms with Crippen LogP contribution in [0.4, 0.5) is 0 Å². The number of nitrogens with two attached hydrogens (primary N) is 1. The molecule has 1 heterocycles. The molecule has 0 aromatic rings. The fraction of sp³-hybridized carbons (Fsp3) is 0.917. The molecule has 0 spiro atoms. The largest absolute Gasteiger partial charge is 0.387 e. The Hall–Kier alpha value is -0.220. The van der Waals surface area contributed by atoms with E-state index in [1.54, 1.807) is 0 Å². The van der Waals surface area contributed by atoms with E-state index in [1.807, 2.05) is 25.6 Å². The van der Waals surface area contributed by atoms with Crippen LogP contribution in [0.1, 0.15) is 39.5 Å². The maximum Gasteiger partial charge on any atom is 0.0963 e. The predicted molar refractivity (Wildman–Crippen MR) is 71.2 cm³/mol. The summed E-state index contributed by atoms with van der Waals surface area (Å²) >= 11 is 1.97. The van der Waals surface area contributed by atoms with Crippen molar-refractivity contribution < 1.29 is 4.74 Å². The third-order valence-electron chi connectivity index (χ3n) is 3.15. The maximum atomic E-state index is 7.46. The molecule has 94 valence electrons. The van der Waals surface area contributed by atoms with E-state index < -0.39 is 0 Å². The molecule has 1 aliphatic rings. The van der Waals surface area contributed by atoms with Crippen LogP contribution < -0.4 is 5.73 Å². The summed E-state index contributed by atoms with van der Waals surface area (Å²) in [5.41, 5.74) is 5.41. The first-order valence-electron chi connectivity index (χ1n) is 6.06. The van der Waals surface area contributed by atoms with Gasteiger partial charge in [-0.1, -0.05) is 13.8 Å². The Morgan fingerprint density at radius 3 is 2.88 bits per heavy atom. The highest BCUT2D eigenvalue weighted by atomic mass is 32.2. The van der Waals surface area contributed by atoms with Gasteiger partial charge >= 0.3 is 0 Å². The monoisotopic (exact) mass is 244 g/mol. The van der Waals surface area contributed by atoms with Crippen molar-refractivity contribution in [2.75, 3.05) is 18.1 Å². The van der Waals surface area contributed by atoms with Crippen LogP contribution in [0.25, 0.3) is 0 Å². The van der Waals surface area contributed by atoms with Crippen molar-refractivity contribution in [2.45, 2.75) is 45.6 Å². The zero-order valence-electron chi connectivity index (χ0n) is 10.4. The van der Waals surface area contributed by atoms with Gasteiger partial charge in [0, 0.05) is 17.8 Å². The van der Waals surface area contributed by atoms with Gasteiger partial charge in [-0.15, -0.1) is 0 Å². The van der Waals surface area contributed by atoms with Crippen molar-refractivity contribution in [2.24, 2.45) is 11.1 Å². The van der Waals surface area contributed by atoms with Crippen molar-refractivity contribution in [1.29, 1.82) is 5.41 Å². The van der Waals surface area contributed by atoms with Crippen LogP contribution in [-0.4, -0.2) is 30.1 Å². The minimum absolute atomic E-state index is 0.135. The van der Waals surface area contributed by atoms with Crippen molar-refractivity contribution in [3.05, 3.63) is 0 Å². The highest BCUT2D eigenvalue weighted by Crippen LogP contribution is 2.24. The van der Waals surface area contributed by atoms with Gasteiger partial charge in [0.1, 0.15) is 0 Å². The first-order chi connectivity index (χ1) is 7.52. The first-order valence-corrected chi connectivity index (χ1v) is 7.22. The number of amidine groups is 1. The van der Waals surface area contributed by atoms with Gasteiger partial charge < -0.3 is 10.5 Å². The molecule has 1 aliphatic heterocycles. The molecular formula is C12H24N2OS. The molecule has 0 amide bonds. The third kappa shape index (κ3) is 4.74. The molecule has 3 N–H and O–H groups in total. The van der Waals surface area contributed by atoms with Gasteiger partial charge in [-0.2, -0.15) is 11.8 Å². The van der Waals surface area contributed by atoms with Gasteiger partial charge in [0.05, 0.1) is 11.9 Å². The van der Waals surface area contributed by atoms with E-state index >= 15 is 0 Å². The van der Waals surface area contributed by atoms with E-state index in [9.17, 15) is 0 Å². The minimum atomic E-state index is -0.135. The quantitative estimate of drug-likeness (QED) is 0.411. The average Bonchev–Trinajstić information content (AvgIpc) is 2.69. The molecule has 0 aromatic carbocycles. The summed E-state index contributed by atoms with van der Waals surface area (Å²) in [4.78, 5) is 0. The van der Waals surface area contributed by atoms with E-state index in [2.05, 4.69) is 0 Å². The van der Waals surface area contributed by atoms with E-state index in [-0.39, 0.29) is 5.41 Å². The van der Waals surface area contributed by atoms with Crippen molar-refractivity contribution in [3.8, 4) is 0 Å². The normalized spacial score (nSPS) is 21.2. The SMILES string of the molecule is CC(C)(CCCSCC1CCCO1)C(=N)N. The lowest BCUT2D eigenvalue weighted by Crippen LogP contribution is -2.30. The van der Waals surface area contributed by atoms with E-state index in [0.29, 0.717) is 11.9 Å². The topological polar surface area (TPSA) is 59.1 Å². The Kier molecular flexibility index (Phi) is 5.62. The number of ether oxygens (including phenoxy) is 1. The van der Waals surface area contributed by atoms with Crippen LogP contribution >= 0.6 is 11.8 Å². The summed E-state index contributed by atoms with van der Waals surface area (Å²) in [5, 5.41) is 7.46. The fourth-order valence-electron chi connectivity index (χ4n) is 1.74. The lowest BCUT2D eigenvalue weighted by Gasteiger charge is -2.22. The minimum Gasteiger partial charge on any atom is -0.387 e. The zero-order chi connectivity index (χ0) is 12.0. The molecule has 1 saturated heterocycles. The average molecular weight is 244 g/mol. The van der Waals surface area contributed by atoms with Crippen LogP contribution in [0.15, 0.2) is 0 Å². The molecule has 0 bridgehead atoms. The summed E-state index contributed by atoms with van der Waals surface area (Å²) in [7, 11) is 0. The lowest BCUT2D eigenvalue weighted by atomic mass is 9.87. The first kappa shape index (κ1) is 13.8. The van der Waals surface area contributed by atoms with Crippen LogP contribution in [0.3, 0.4) is 0 Å². The second-order valence-corrected chi connectivity index (χ2v) is 6.26. The second-order valence-electron chi connectivity index (χ2n) is 5.11. The van der Waals surface area contributed by atoms with E-state index in [4.69, 9.17) is 15.9 Å². The molecule has 0 aliphatic carbocycles. The molecule has 3 nitrogen and oxygen atoms in total. The smallest absolute Gasteiger partial charge is 0.0963 e. The lowest BCUT2D eigenvalue weighted by molar-refractivity contribution is 0.129. The zero-order valence-corrected chi connectivity index (χ0v) is 11.2. The molecule has 1 rings (SSSR count). The number of hydrogen-bond donors (Lipinski definition) is 2. The number of rotatable bonds is 7. The van der Waals surface area contributed by atoms with Crippen molar-refractivity contribution >= 4 is 17.6 Å². The van der Waals surface area contributed by atoms with Crippen molar-refractivity contribution in [3.63, 3.8) is 0 Å². The van der Waals surface area contributed by atoms with Gasteiger partial charge in [0.25, 0.3) is 0 Å². The van der Waals surface area contributed by atoms with Crippen molar-refractivity contribution in [1.82, 2.24) is 0 Å². The molecule has 1 fully saturated rings. The van der Waals surface area contributed by atoms with E-state index in [0.717, 1.165) is 31.0 Å². The van der Waals surface area contributed by atoms with Gasteiger partial charge in [-0.05, 0) is 31.4 Å². The molecule has 0 saturated carbocycles. The van der Waals surface area contributed by atoms with Crippen LogP contribution in [0, 0.1) is 10.8 Å². The molecule has 0 aromatic heterocycles. The van der Waals surface area contributed by atoms with Crippen LogP contribution in [-0.2, 0) is 4.74 Å². The Balaban J connectivity index is 2.01. The summed E-state index contributed by atoms with van der Waals surface area (Å²) in [6, 6.07) is 0. The van der Waals surface area contributed by atoms with Crippen LogP contribution in [0.2, 0.25) is 0 Å². The second kappa shape index (κ2) is 6.50. The summed E-state index contributed by atoms with van der Waals surface area (Å²) in [6.45, 7) is 5.03. The van der Waals surface area contributed by atoms with Gasteiger partial charge in [0.2, 0.25) is 0 Å². The Labute approximate surface area is 103 Å². The molecule has 16 heavy (non-hydrogen) atoms. The maximum absolute atomic E-state index is 7.46. The summed E-state index contributed by atoms with van der Waals surface area (Å²) < 4.78 is 5.56. The van der Waals surface area contributed by atoms with Gasteiger partial charge in [-0.25, -0.2) is 0 Å². The fourth-order valence-corrected chi connectivity index (χ4v) is 2.78. The highest BCUT2D eigenvalue weighted by Gasteiger charge is 2.21. The summed E-state index contributed by atoms with van der Waals surface area (Å²) in [5.74, 6) is 2.58. The Morgan fingerprint density at radius 2 is 2.31 bits per heavy atom. The highest BCUT2D eigenvalue weighted by molar-refractivity contribution is 7.99. The summed E-state index contributed by atoms with van der Waals surface area (Å²) in [6.07, 6.45) is 5.07. The van der Waals surface area contributed by atoms with E-state index in [1.165, 1.54) is 12.8 Å². The number of thioether (sulfide) groups is 1. The van der Waals surface area contributed by atoms with Crippen LogP contribution in [0.5, 0.6) is 0 Å². The Morgan fingerprint density at radius 1 is 1.56 bits per heavy atom. The van der Waals surface area contributed by atoms with Gasteiger partial charge in [-0.3, -0.25) is 5.41 Å². The number of hydrogen-bond acceptors (Lipinski definition) is 3.